The number of carbonyl (C=O) groups is 1. The molecule has 0 amide bonds. The van der Waals surface area contributed by atoms with Crippen molar-refractivity contribution < 1.29 is 14.6 Å². The normalized spacial score (nSPS) is 11.3. The summed E-state index contributed by atoms with van der Waals surface area (Å²) in [5.41, 5.74) is 1.06. The van der Waals surface area contributed by atoms with E-state index in [9.17, 15) is 9.90 Å². The quantitative estimate of drug-likeness (QED) is 0.659. The minimum atomic E-state index is -1.09. The standard InChI is InChI=1S/C16H12Cl2O3/c1-21-15-5-3-2-4-10(15)8-13(16(19)20)12-9-11(17)6-7-14(12)18/h2-9H,1H3,(H,19,20)/b13-8-. The van der Waals surface area contributed by atoms with E-state index in [-0.39, 0.29) is 5.57 Å². The number of aliphatic carboxylic acids is 1. The third kappa shape index (κ3) is 3.57. The van der Waals surface area contributed by atoms with Crippen LogP contribution in [0.25, 0.3) is 11.6 Å². The monoisotopic (exact) mass is 322 g/mol. The van der Waals surface area contributed by atoms with E-state index >= 15 is 0 Å². The van der Waals surface area contributed by atoms with Gasteiger partial charge in [-0.25, -0.2) is 4.79 Å². The topological polar surface area (TPSA) is 46.5 Å². The number of hydrogen-bond acceptors (Lipinski definition) is 2. The molecule has 0 bridgehead atoms. The Morgan fingerprint density at radius 1 is 1.19 bits per heavy atom. The molecule has 0 heterocycles. The molecule has 0 spiro atoms. The lowest BCUT2D eigenvalue weighted by Gasteiger charge is -2.08. The number of carboxylic acid groups (broad SMARTS) is 1. The molecule has 0 saturated carbocycles. The summed E-state index contributed by atoms with van der Waals surface area (Å²) < 4.78 is 5.22. The number of halogens is 2. The molecule has 1 N–H and O–H groups in total. The maximum absolute atomic E-state index is 11.6. The zero-order valence-electron chi connectivity index (χ0n) is 11.1. The van der Waals surface area contributed by atoms with Crippen molar-refractivity contribution >= 4 is 40.8 Å². The molecule has 21 heavy (non-hydrogen) atoms. The highest BCUT2D eigenvalue weighted by Gasteiger charge is 2.15. The van der Waals surface area contributed by atoms with Crippen molar-refractivity contribution in [3.05, 3.63) is 63.6 Å². The van der Waals surface area contributed by atoms with Gasteiger partial charge < -0.3 is 9.84 Å². The second-order valence-electron chi connectivity index (χ2n) is 4.23. The van der Waals surface area contributed by atoms with Crippen LogP contribution in [-0.2, 0) is 4.79 Å². The highest BCUT2D eigenvalue weighted by molar-refractivity contribution is 6.37. The van der Waals surface area contributed by atoms with Gasteiger partial charge >= 0.3 is 5.97 Å². The van der Waals surface area contributed by atoms with Crippen molar-refractivity contribution in [2.24, 2.45) is 0 Å². The maximum Gasteiger partial charge on any atom is 0.336 e. The second kappa shape index (κ2) is 6.66. The molecule has 0 saturated heterocycles. The lowest BCUT2D eigenvalue weighted by molar-refractivity contribution is -0.130. The fraction of sp³-hybridized carbons (Fsp3) is 0.0625. The number of benzene rings is 2. The van der Waals surface area contributed by atoms with E-state index in [2.05, 4.69) is 0 Å². The van der Waals surface area contributed by atoms with Crippen LogP contribution < -0.4 is 4.74 Å². The molecule has 0 aliphatic carbocycles. The molecule has 0 radical (unpaired) electrons. The van der Waals surface area contributed by atoms with Crippen molar-refractivity contribution in [2.45, 2.75) is 0 Å². The second-order valence-corrected chi connectivity index (χ2v) is 5.07. The Morgan fingerprint density at radius 2 is 1.90 bits per heavy atom. The molecule has 3 nitrogen and oxygen atoms in total. The first kappa shape index (κ1) is 15.4. The van der Waals surface area contributed by atoms with Gasteiger partial charge in [-0.05, 0) is 30.3 Å². The first-order valence-corrected chi connectivity index (χ1v) is 6.82. The summed E-state index contributed by atoms with van der Waals surface area (Å²) in [5.74, 6) is -0.514. The largest absolute Gasteiger partial charge is 0.496 e. The Labute approximate surface area is 132 Å². The van der Waals surface area contributed by atoms with Crippen LogP contribution in [0.4, 0.5) is 0 Å². The third-order valence-corrected chi connectivity index (χ3v) is 3.45. The molecule has 0 aromatic heterocycles. The molecule has 2 aromatic rings. The lowest BCUT2D eigenvalue weighted by atomic mass is 10.0. The van der Waals surface area contributed by atoms with Crippen LogP contribution in [-0.4, -0.2) is 18.2 Å². The third-order valence-electron chi connectivity index (χ3n) is 2.89. The summed E-state index contributed by atoms with van der Waals surface area (Å²) >= 11 is 12.0. The summed E-state index contributed by atoms with van der Waals surface area (Å²) in [6.07, 6.45) is 1.51. The van der Waals surface area contributed by atoms with Crippen LogP contribution in [0.5, 0.6) is 5.75 Å². The smallest absolute Gasteiger partial charge is 0.336 e. The van der Waals surface area contributed by atoms with Gasteiger partial charge in [0, 0.05) is 21.2 Å². The van der Waals surface area contributed by atoms with Gasteiger partial charge in [-0.2, -0.15) is 0 Å². The van der Waals surface area contributed by atoms with E-state index in [1.807, 2.05) is 6.07 Å². The van der Waals surface area contributed by atoms with Crippen LogP contribution in [0.3, 0.4) is 0 Å². The van der Waals surface area contributed by atoms with Gasteiger partial charge in [-0.1, -0.05) is 41.4 Å². The van der Waals surface area contributed by atoms with Crippen LogP contribution in [0.2, 0.25) is 10.0 Å². The van der Waals surface area contributed by atoms with Gasteiger partial charge in [0.05, 0.1) is 12.7 Å². The fourth-order valence-electron chi connectivity index (χ4n) is 1.90. The zero-order chi connectivity index (χ0) is 15.4. The number of rotatable bonds is 4. The Kier molecular flexibility index (Phi) is 4.89. The lowest BCUT2D eigenvalue weighted by Crippen LogP contribution is -2.01. The molecule has 0 atom stereocenters. The summed E-state index contributed by atoms with van der Waals surface area (Å²) in [4.78, 5) is 11.6. The minimum Gasteiger partial charge on any atom is -0.496 e. The average molecular weight is 323 g/mol. The van der Waals surface area contributed by atoms with Gasteiger partial charge in [0.15, 0.2) is 0 Å². The molecule has 5 heteroatoms. The van der Waals surface area contributed by atoms with E-state index in [0.717, 1.165) is 0 Å². The Balaban J connectivity index is 2.61. The molecule has 0 fully saturated rings. The molecule has 0 aliphatic heterocycles. The molecule has 0 aliphatic rings. The number of para-hydroxylation sites is 1. The Bertz CT molecular complexity index is 708. The summed E-state index contributed by atoms with van der Waals surface area (Å²) in [6.45, 7) is 0. The van der Waals surface area contributed by atoms with Crippen molar-refractivity contribution in [3.63, 3.8) is 0 Å². The van der Waals surface area contributed by atoms with Crippen LogP contribution >= 0.6 is 23.2 Å². The molecule has 0 unspecified atom stereocenters. The zero-order valence-corrected chi connectivity index (χ0v) is 12.7. The molecular formula is C16H12Cl2O3. The van der Waals surface area contributed by atoms with Gasteiger partial charge in [-0.3, -0.25) is 0 Å². The highest BCUT2D eigenvalue weighted by Crippen LogP contribution is 2.30. The van der Waals surface area contributed by atoms with Crippen molar-refractivity contribution in [1.82, 2.24) is 0 Å². The fourth-order valence-corrected chi connectivity index (χ4v) is 2.29. The van der Waals surface area contributed by atoms with Crippen LogP contribution in [0.1, 0.15) is 11.1 Å². The molecule has 108 valence electrons. The highest BCUT2D eigenvalue weighted by atomic mass is 35.5. The predicted molar refractivity (Wildman–Crippen MR) is 85.0 cm³/mol. The van der Waals surface area contributed by atoms with E-state index in [0.29, 0.717) is 26.9 Å². The summed E-state index contributed by atoms with van der Waals surface area (Å²) in [7, 11) is 1.53. The van der Waals surface area contributed by atoms with Gasteiger partial charge in [0.2, 0.25) is 0 Å². The molecular weight excluding hydrogens is 311 g/mol. The molecule has 2 rings (SSSR count). The number of carboxylic acids is 1. The van der Waals surface area contributed by atoms with E-state index in [1.54, 1.807) is 30.3 Å². The number of methoxy groups -OCH3 is 1. The number of ether oxygens (including phenoxy) is 1. The predicted octanol–water partition coefficient (Wildman–Crippen LogP) is 4.63. The average Bonchev–Trinajstić information content (AvgIpc) is 2.47. The number of hydrogen-bond donors (Lipinski definition) is 1. The van der Waals surface area contributed by atoms with Crippen molar-refractivity contribution in [3.8, 4) is 5.75 Å². The van der Waals surface area contributed by atoms with Crippen molar-refractivity contribution in [1.29, 1.82) is 0 Å². The Hall–Kier alpha value is -1.97. The SMILES string of the molecule is COc1ccccc1/C=C(\C(=O)O)c1cc(Cl)ccc1Cl. The van der Waals surface area contributed by atoms with Gasteiger partial charge in [-0.15, -0.1) is 0 Å². The summed E-state index contributed by atoms with van der Waals surface area (Å²) in [6, 6.07) is 11.8. The first-order chi connectivity index (χ1) is 10.0. The molecule has 2 aromatic carbocycles. The minimum absolute atomic E-state index is 0.0481. The van der Waals surface area contributed by atoms with Crippen LogP contribution in [0, 0.1) is 0 Å². The Morgan fingerprint density at radius 3 is 2.57 bits per heavy atom. The first-order valence-electron chi connectivity index (χ1n) is 6.06. The maximum atomic E-state index is 11.6. The van der Waals surface area contributed by atoms with E-state index < -0.39 is 5.97 Å². The summed E-state index contributed by atoms with van der Waals surface area (Å²) in [5, 5.41) is 10.2. The van der Waals surface area contributed by atoms with Gasteiger partial charge in [0.1, 0.15) is 5.75 Å². The van der Waals surface area contributed by atoms with E-state index in [4.69, 9.17) is 27.9 Å². The van der Waals surface area contributed by atoms with E-state index in [1.165, 1.54) is 19.3 Å². The van der Waals surface area contributed by atoms with Crippen LogP contribution in [0.15, 0.2) is 42.5 Å². The van der Waals surface area contributed by atoms with Gasteiger partial charge in [0.25, 0.3) is 0 Å². The van der Waals surface area contributed by atoms with Crippen molar-refractivity contribution in [2.75, 3.05) is 7.11 Å².